The van der Waals surface area contributed by atoms with Crippen LogP contribution < -0.4 is 5.32 Å². The molecule has 2 nitrogen and oxygen atoms in total. The topological polar surface area (TPSA) is 29.1 Å². The molecule has 2 heteroatoms. The lowest BCUT2D eigenvalue weighted by molar-refractivity contribution is 0.112. The minimum absolute atomic E-state index is 0. The number of hydrogen-bond donors (Lipinski definition) is 1. The molecule has 0 aliphatic rings. The van der Waals surface area contributed by atoms with Crippen LogP contribution in [0.25, 0.3) is 0 Å². The largest absolute Gasteiger partial charge is 0.388 e. The van der Waals surface area contributed by atoms with Gasteiger partial charge in [-0.2, -0.15) is 0 Å². The van der Waals surface area contributed by atoms with Crippen molar-refractivity contribution in [2.24, 2.45) is 0 Å². The molecule has 0 aliphatic heterocycles. The highest BCUT2D eigenvalue weighted by atomic mass is 16.1. The van der Waals surface area contributed by atoms with Crippen LogP contribution in [0.5, 0.6) is 0 Å². The van der Waals surface area contributed by atoms with E-state index in [1.165, 1.54) is 0 Å². The van der Waals surface area contributed by atoms with Gasteiger partial charge in [0, 0.05) is 19.7 Å². The predicted octanol–water partition coefficient (Wildman–Crippen LogP) is 1.79. The zero-order chi connectivity index (χ0) is 7.40. The highest BCUT2D eigenvalue weighted by Crippen LogP contribution is 2.05. The van der Waals surface area contributed by atoms with E-state index in [0.29, 0.717) is 5.56 Å². The average Bonchev–Trinajstić information content (AvgIpc) is 2.05. The fourth-order valence-corrected chi connectivity index (χ4v) is 0.728. The molecule has 0 atom stereocenters. The van der Waals surface area contributed by atoms with Gasteiger partial charge in [-0.1, -0.05) is 0 Å². The minimum Gasteiger partial charge on any atom is -0.388 e. The number of carbonyl (C=O) groups is 1. The summed E-state index contributed by atoms with van der Waals surface area (Å²) in [7, 11) is 1.84. The molecule has 1 aromatic carbocycles. The van der Waals surface area contributed by atoms with E-state index in [9.17, 15) is 4.79 Å². The summed E-state index contributed by atoms with van der Waals surface area (Å²) in [5, 5.41) is 2.96. The first kappa shape index (κ1) is 6.81. The van der Waals surface area contributed by atoms with Crippen molar-refractivity contribution in [3.8, 4) is 0 Å². The highest BCUT2D eigenvalue weighted by Gasteiger charge is 1.87. The maximum atomic E-state index is 10.2. The first-order chi connectivity index (χ1) is 4.86. The molecular formula is C8H11NO. The number of carbonyl (C=O) groups excluding carboxylic acids is 1. The van der Waals surface area contributed by atoms with Gasteiger partial charge < -0.3 is 5.32 Å². The van der Waals surface area contributed by atoms with Crippen LogP contribution in [-0.4, -0.2) is 13.3 Å². The fraction of sp³-hybridized carbons (Fsp3) is 0.125. The van der Waals surface area contributed by atoms with E-state index in [1.54, 1.807) is 12.1 Å². The molecular weight excluding hydrogens is 126 g/mol. The Kier molecular flexibility index (Phi) is 2.05. The second-order valence-corrected chi connectivity index (χ2v) is 1.99. The summed E-state index contributed by atoms with van der Waals surface area (Å²) in [4.78, 5) is 10.2. The number of aldehydes is 1. The van der Waals surface area contributed by atoms with Crippen LogP contribution in [0.4, 0.5) is 5.69 Å². The molecule has 0 unspecified atom stereocenters. The normalized spacial score (nSPS) is 8.90. The van der Waals surface area contributed by atoms with Crippen molar-refractivity contribution in [1.29, 1.82) is 0 Å². The van der Waals surface area contributed by atoms with Crippen LogP contribution in [0.3, 0.4) is 0 Å². The van der Waals surface area contributed by atoms with E-state index >= 15 is 0 Å². The molecule has 54 valence electrons. The Morgan fingerprint density at radius 3 is 2.40 bits per heavy atom. The van der Waals surface area contributed by atoms with Crippen molar-refractivity contribution in [1.82, 2.24) is 0 Å². The predicted molar refractivity (Wildman–Crippen MR) is 43.5 cm³/mol. The van der Waals surface area contributed by atoms with Crippen molar-refractivity contribution in [2.45, 2.75) is 0 Å². The molecule has 0 spiro atoms. The Labute approximate surface area is 61.4 Å². The molecule has 0 saturated carbocycles. The maximum absolute atomic E-state index is 10.2. The van der Waals surface area contributed by atoms with Crippen LogP contribution >= 0.6 is 0 Å². The third-order valence-electron chi connectivity index (χ3n) is 1.34. The summed E-state index contributed by atoms with van der Waals surface area (Å²) in [6, 6.07) is 7.28. The summed E-state index contributed by atoms with van der Waals surface area (Å²) >= 11 is 0. The van der Waals surface area contributed by atoms with E-state index in [2.05, 4.69) is 5.32 Å². The number of anilines is 1. The number of benzene rings is 1. The fourth-order valence-electron chi connectivity index (χ4n) is 0.728. The van der Waals surface area contributed by atoms with Gasteiger partial charge in [0.05, 0.1) is 0 Å². The van der Waals surface area contributed by atoms with Gasteiger partial charge in [-0.25, -0.2) is 0 Å². The summed E-state index contributed by atoms with van der Waals surface area (Å²) in [5.41, 5.74) is 1.73. The van der Waals surface area contributed by atoms with E-state index in [1.807, 2.05) is 19.2 Å². The van der Waals surface area contributed by atoms with Crippen LogP contribution in [-0.2, 0) is 0 Å². The first-order valence-electron chi connectivity index (χ1n) is 3.10. The zero-order valence-electron chi connectivity index (χ0n) is 5.79. The van der Waals surface area contributed by atoms with Crippen molar-refractivity contribution >= 4 is 12.0 Å². The molecule has 1 N–H and O–H groups in total. The second kappa shape index (κ2) is 3.01. The summed E-state index contributed by atoms with van der Waals surface area (Å²) in [6.45, 7) is 0. The number of hydrogen-bond acceptors (Lipinski definition) is 2. The van der Waals surface area contributed by atoms with Gasteiger partial charge in [0.2, 0.25) is 0 Å². The summed E-state index contributed by atoms with van der Waals surface area (Å²) in [6.07, 6.45) is 0.833. The van der Waals surface area contributed by atoms with E-state index in [0.717, 1.165) is 12.0 Å². The van der Waals surface area contributed by atoms with Gasteiger partial charge in [0.1, 0.15) is 6.29 Å². The lowest BCUT2D eigenvalue weighted by Crippen LogP contribution is -1.87. The Bertz CT molecular complexity index is 220. The molecule has 0 aliphatic carbocycles. The molecule has 0 heterocycles. The van der Waals surface area contributed by atoms with Gasteiger partial charge in [-0.3, -0.25) is 4.79 Å². The van der Waals surface area contributed by atoms with E-state index in [-0.39, 0.29) is 1.43 Å². The average molecular weight is 137 g/mol. The Morgan fingerprint density at radius 2 is 2.00 bits per heavy atom. The Balaban J connectivity index is 0.000001000. The second-order valence-electron chi connectivity index (χ2n) is 1.99. The van der Waals surface area contributed by atoms with Gasteiger partial charge >= 0.3 is 0 Å². The molecule has 10 heavy (non-hydrogen) atoms. The van der Waals surface area contributed by atoms with E-state index in [4.69, 9.17) is 0 Å². The maximum Gasteiger partial charge on any atom is 0.150 e. The van der Waals surface area contributed by atoms with Gasteiger partial charge in [-0.15, -0.1) is 0 Å². The van der Waals surface area contributed by atoms with Gasteiger partial charge in [0.15, 0.2) is 0 Å². The molecule has 0 fully saturated rings. The lowest BCUT2D eigenvalue weighted by atomic mass is 10.2. The molecule has 0 saturated heterocycles. The SMILES string of the molecule is CNc1ccc(C=O)cc1.[HH]. The van der Waals surface area contributed by atoms with Crippen molar-refractivity contribution in [3.05, 3.63) is 29.8 Å². The monoisotopic (exact) mass is 137 g/mol. The molecule has 0 radical (unpaired) electrons. The molecule has 0 bridgehead atoms. The Hall–Kier alpha value is -1.31. The summed E-state index contributed by atoms with van der Waals surface area (Å²) < 4.78 is 0. The summed E-state index contributed by atoms with van der Waals surface area (Å²) in [5.74, 6) is 0. The minimum atomic E-state index is 0. The smallest absolute Gasteiger partial charge is 0.150 e. The quantitative estimate of drug-likeness (QED) is 0.629. The standard InChI is InChI=1S/C8H9NO.H2/c1-9-8-4-2-7(6-10)3-5-8;/h2-6,9H,1H3;1H. The highest BCUT2D eigenvalue weighted by molar-refractivity contribution is 5.75. The molecule has 0 amide bonds. The van der Waals surface area contributed by atoms with Crippen molar-refractivity contribution in [3.63, 3.8) is 0 Å². The van der Waals surface area contributed by atoms with Crippen LogP contribution in [0, 0.1) is 0 Å². The molecule has 1 aromatic rings. The Morgan fingerprint density at radius 1 is 1.40 bits per heavy atom. The van der Waals surface area contributed by atoms with Gasteiger partial charge in [0.25, 0.3) is 0 Å². The molecule has 0 aromatic heterocycles. The number of nitrogens with one attached hydrogen (secondary N) is 1. The van der Waals surface area contributed by atoms with Crippen LogP contribution in [0.2, 0.25) is 0 Å². The third-order valence-corrected chi connectivity index (χ3v) is 1.34. The van der Waals surface area contributed by atoms with Gasteiger partial charge in [-0.05, 0) is 24.3 Å². The van der Waals surface area contributed by atoms with Crippen molar-refractivity contribution in [2.75, 3.05) is 12.4 Å². The first-order valence-corrected chi connectivity index (χ1v) is 3.10. The van der Waals surface area contributed by atoms with Crippen LogP contribution in [0.1, 0.15) is 11.8 Å². The zero-order valence-corrected chi connectivity index (χ0v) is 5.79. The lowest BCUT2D eigenvalue weighted by Gasteiger charge is -1.97. The third kappa shape index (κ3) is 1.35. The van der Waals surface area contributed by atoms with Crippen LogP contribution in [0.15, 0.2) is 24.3 Å². The van der Waals surface area contributed by atoms with E-state index < -0.39 is 0 Å². The molecule has 1 rings (SSSR count). The van der Waals surface area contributed by atoms with Crippen molar-refractivity contribution < 1.29 is 6.22 Å². The number of rotatable bonds is 2.